The standard InChI is InChI=1S/C14H28N2O2.ClH/c1-10(2)8-11(3)18-7-6-14(17)16-9-13(15)12-4-5-12;/h10-13H,4-9,15H2,1-3H3,(H,16,17);1H. The topological polar surface area (TPSA) is 64.3 Å². The van der Waals surface area contributed by atoms with Gasteiger partial charge in [0.1, 0.15) is 0 Å². The minimum Gasteiger partial charge on any atom is -0.378 e. The van der Waals surface area contributed by atoms with Crippen molar-refractivity contribution in [3.63, 3.8) is 0 Å². The first kappa shape index (κ1) is 18.7. The summed E-state index contributed by atoms with van der Waals surface area (Å²) in [5, 5.41) is 2.87. The molecule has 5 heteroatoms. The number of carbonyl (C=O) groups excluding carboxylic acids is 1. The zero-order chi connectivity index (χ0) is 13.5. The van der Waals surface area contributed by atoms with Crippen LogP contribution >= 0.6 is 12.4 Å². The van der Waals surface area contributed by atoms with Crippen molar-refractivity contribution in [1.82, 2.24) is 5.32 Å². The van der Waals surface area contributed by atoms with Crippen LogP contribution in [0.25, 0.3) is 0 Å². The Morgan fingerprint density at radius 2 is 2.00 bits per heavy atom. The first-order chi connectivity index (χ1) is 8.49. The predicted molar refractivity (Wildman–Crippen MR) is 80.4 cm³/mol. The monoisotopic (exact) mass is 292 g/mol. The third-order valence-electron chi connectivity index (χ3n) is 3.30. The van der Waals surface area contributed by atoms with E-state index in [1.807, 2.05) is 0 Å². The molecule has 1 aliphatic rings. The zero-order valence-corrected chi connectivity index (χ0v) is 13.2. The summed E-state index contributed by atoms with van der Waals surface area (Å²) in [5.41, 5.74) is 5.91. The Morgan fingerprint density at radius 1 is 1.37 bits per heavy atom. The number of nitrogens with two attached hydrogens (primary N) is 1. The molecule has 114 valence electrons. The lowest BCUT2D eigenvalue weighted by atomic mass is 10.1. The van der Waals surface area contributed by atoms with Crippen LogP contribution in [0.4, 0.5) is 0 Å². The number of nitrogens with one attached hydrogen (secondary N) is 1. The summed E-state index contributed by atoms with van der Waals surface area (Å²) < 4.78 is 5.60. The van der Waals surface area contributed by atoms with Crippen molar-refractivity contribution in [3.05, 3.63) is 0 Å². The van der Waals surface area contributed by atoms with Crippen LogP contribution in [-0.4, -0.2) is 31.2 Å². The van der Waals surface area contributed by atoms with Gasteiger partial charge in [-0.1, -0.05) is 13.8 Å². The van der Waals surface area contributed by atoms with Crippen LogP contribution in [0, 0.1) is 11.8 Å². The number of amides is 1. The van der Waals surface area contributed by atoms with E-state index in [-0.39, 0.29) is 30.5 Å². The summed E-state index contributed by atoms with van der Waals surface area (Å²) in [7, 11) is 0. The van der Waals surface area contributed by atoms with Gasteiger partial charge in [0.25, 0.3) is 0 Å². The average Bonchev–Trinajstić information content (AvgIpc) is 3.08. The smallest absolute Gasteiger partial charge is 0.222 e. The number of carbonyl (C=O) groups is 1. The summed E-state index contributed by atoms with van der Waals surface area (Å²) in [4.78, 5) is 11.5. The summed E-state index contributed by atoms with van der Waals surface area (Å²) in [6.07, 6.45) is 4.12. The van der Waals surface area contributed by atoms with Crippen LogP contribution in [0.1, 0.15) is 46.5 Å². The highest BCUT2D eigenvalue weighted by Crippen LogP contribution is 2.31. The van der Waals surface area contributed by atoms with Crippen molar-refractivity contribution < 1.29 is 9.53 Å². The van der Waals surface area contributed by atoms with Crippen molar-refractivity contribution in [2.75, 3.05) is 13.2 Å². The Labute approximate surface area is 123 Å². The number of ether oxygens (including phenoxy) is 1. The summed E-state index contributed by atoms with van der Waals surface area (Å²) in [6, 6.07) is 0.134. The molecule has 19 heavy (non-hydrogen) atoms. The van der Waals surface area contributed by atoms with Crippen LogP contribution in [-0.2, 0) is 9.53 Å². The normalized spacial score (nSPS) is 17.7. The Morgan fingerprint density at radius 3 is 2.53 bits per heavy atom. The lowest BCUT2D eigenvalue weighted by Crippen LogP contribution is -2.38. The summed E-state index contributed by atoms with van der Waals surface area (Å²) in [5.74, 6) is 1.31. The van der Waals surface area contributed by atoms with Crippen molar-refractivity contribution in [1.29, 1.82) is 0 Å². The van der Waals surface area contributed by atoms with E-state index in [4.69, 9.17) is 10.5 Å². The fourth-order valence-corrected chi connectivity index (χ4v) is 2.10. The van der Waals surface area contributed by atoms with Gasteiger partial charge in [0.15, 0.2) is 0 Å². The quantitative estimate of drug-likeness (QED) is 0.684. The van der Waals surface area contributed by atoms with Crippen LogP contribution in [0.2, 0.25) is 0 Å². The maximum Gasteiger partial charge on any atom is 0.222 e. The SMILES string of the molecule is CC(C)CC(C)OCCC(=O)NCC(N)C1CC1.Cl. The molecule has 0 radical (unpaired) electrons. The molecule has 0 aliphatic heterocycles. The number of hydrogen-bond acceptors (Lipinski definition) is 3. The van der Waals surface area contributed by atoms with E-state index in [2.05, 4.69) is 26.1 Å². The van der Waals surface area contributed by atoms with Gasteiger partial charge in [0.2, 0.25) is 5.91 Å². The van der Waals surface area contributed by atoms with E-state index in [0.29, 0.717) is 31.4 Å². The first-order valence-electron chi connectivity index (χ1n) is 7.13. The molecule has 0 bridgehead atoms. The van der Waals surface area contributed by atoms with Gasteiger partial charge in [-0.2, -0.15) is 0 Å². The highest BCUT2D eigenvalue weighted by atomic mass is 35.5. The Balaban J connectivity index is 0.00000324. The molecule has 1 aliphatic carbocycles. The predicted octanol–water partition coefficient (Wildman–Crippen LogP) is 2.10. The van der Waals surface area contributed by atoms with E-state index in [1.54, 1.807) is 0 Å². The third-order valence-corrected chi connectivity index (χ3v) is 3.30. The van der Waals surface area contributed by atoms with Gasteiger partial charge in [-0.25, -0.2) is 0 Å². The van der Waals surface area contributed by atoms with E-state index in [0.717, 1.165) is 6.42 Å². The highest BCUT2D eigenvalue weighted by molar-refractivity contribution is 5.85. The molecule has 0 aromatic heterocycles. The van der Waals surface area contributed by atoms with Crippen LogP contribution in [0.15, 0.2) is 0 Å². The number of rotatable bonds is 9. The molecule has 1 fully saturated rings. The minimum atomic E-state index is 0. The van der Waals surface area contributed by atoms with E-state index in [9.17, 15) is 4.79 Å². The van der Waals surface area contributed by atoms with Crippen molar-refractivity contribution >= 4 is 18.3 Å². The molecular formula is C14H29ClN2O2. The molecule has 0 aromatic rings. The van der Waals surface area contributed by atoms with Crippen LogP contribution < -0.4 is 11.1 Å². The number of halogens is 1. The molecular weight excluding hydrogens is 264 g/mol. The van der Waals surface area contributed by atoms with Crippen molar-refractivity contribution in [2.24, 2.45) is 17.6 Å². The summed E-state index contributed by atoms with van der Waals surface area (Å²) >= 11 is 0. The van der Waals surface area contributed by atoms with E-state index < -0.39 is 0 Å². The maximum absolute atomic E-state index is 11.5. The fourth-order valence-electron chi connectivity index (χ4n) is 2.10. The van der Waals surface area contributed by atoms with Gasteiger partial charge in [0.05, 0.1) is 12.7 Å². The molecule has 0 spiro atoms. The second kappa shape index (κ2) is 9.56. The van der Waals surface area contributed by atoms with Gasteiger partial charge >= 0.3 is 0 Å². The zero-order valence-electron chi connectivity index (χ0n) is 12.4. The molecule has 0 aromatic carbocycles. The molecule has 1 rings (SSSR count). The molecule has 2 unspecified atom stereocenters. The molecule has 4 nitrogen and oxygen atoms in total. The number of hydrogen-bond donors (Lipinski definition) is 2. The average molecular weight is 293 g/mol. The van der Waals surface area contributed by atoms with Crippen LogP contribution in [0.3, 0.4) is 0 Å². The fraction of sp³-hybridized carbons (Fsp3) is 0.929. The van der Waals surface area contributed by atoms with Crippen molar-refractivity contribution in [2.45, 2.75) is 58.6 Å². The molecule has 2 atom stereocenters. The lowest BCUT2D eigenvalue weighted by molar-refractivity contribution is -0.122. The van der Waals surface area contributed by atoms with Gasteiger partial charge < -0.3 is 15.8 Å². The molecule has 3 N–H and O–H groups in total. The van der Waals surface area contributed by atoms with Crippen LogP contribution in [0.5, 0.6) is 0 Å². The van der Waals surface area contributed by atoms with Gasteiger partial charge in [-0.05, 0) is 38.0 Å². The van der Waals surface area contributed by atoms with E-state index in [1.165, 1.54) is 12.8 Å². The first-order valence-corrected chi connectivity index (χ1v) is 7.13. The van der Waals surface area contributed by atoms with Crippen molar-refractivity contribution in [3.8, 4) is 0 Å². The minimum absolute atomic E-state index is 0. The maximum atomic E-state index is 11.5. The van der Waals surface area contributed by atoms with E-state index >= 15 is 0 Å². The van der Waals surface area contributed by atoms with Gasteiger partial charge in [-0.3, -0.25) is 4.79 Å². The Kier molecular flexibility index (Phi) is 9.40. The molecule has 0 heterocycles. The molecule has 1 saturated carbocycles. The third kappa shape index (κ3) is 9.25. The van der Waals surface area contributed by atoms with Gasteiger partial charge in [0, 0.05) is 19.0 Å². The summed E-state index contributed by atoms with van der Waals surface area (Å²) in [6.45, 7) is 7.50. The lowest BCUT2D eigenvalue weighted by Gasteiger charge is -2.15. The highest BCUT2D eigenvalue weighted by Gasteiger charge is 2.28. The van der Waals surface area contributed by atoms with Gasteiger partial charge in [-0.15, -0.1) is 12.4 Å². The molecule has 0 saturated heterocycles. The second-order valence-corrected chi connectivity index (χ2v) is 5.87. The largest absolute Gasteiger partial charge is 0.378 e. The second-order valence-electron chi connectivity index (χ2n) is 5.87. The Bertz CT molecular complexity index is 258. The molecule has 1 amide bonds. The Hall–Kier alpha value is -0.320.